The summed E-state index contributed by atoms with van der Waals surface area (Å²) in [6.45, 7) is 2.70. The van der Waals surface area contributed by atoms with E-state index in [2.05, 4.69) is 27.3 Å². The maximum absolute atomic E-state index is 12.8. The number of thiazole rings is 1. The lowest BCUT2D eigenvalue weighted by atomic mass is 10.0. The van der Waals surface area contributed by atoms with Gasteiger partial charge in [0, 0.05) is 17.5 Å². The fourth-order valence-corrected chi connectivity index (χ4v) is 5.03. The Kier molecular flexibility index (Phi) is 7.96. The van der Waals surface area contributed by atoms with Crippen LogP contribution in [0.4, 0.5) is 0 Å². The smallest absolute Gasteiger partial charge is 0.226 e. The number of nitrogens with one attached hydrogen (secondary N) is 1. The third-order valence-corrected chi connectivity index (χ3v) is 7.00. The van der Waals surface area contributed by atoms with Crippen molar-refractivity contribution < 1.29 is 14.3 Å². The molecule has 0 radical (unpaired) electrons. The van der Waals surface area contributed by atoms with Crippen LogP contribution in [0.5, 0.6) is 11.5 Å². The maximum atomic E-state index is 12.8. The molecule has 1 aliphatic heterocycles. The monoisotopic (exact) mass is 465 g/mol. The topological polar surface area (TPSA) is 63.7 Å². The molecule has 1 amide bonds. The molecule has 2 heterocycles. The van der Waals surface area contributed by atoms with Crippen molar-refractivity contribution >= 4 is 17.2 Å². The number of carbonyl (C=O) groups excluding carboxylic acids is 1. The minimum absolute atomic E-state index is 0.00268. The number of hydrogen-bond acceptors (Lipinski definition) is 6. The van der Waals surface area contributed by atoms with Gasteiger partial charge in [-0.1, -0.05) is 18.6 Å². The molecule has 6 nitrogen and oxygen atoms in total. The Hall–Kier alpha value is -2.90. The van der Waals surface area contributed by atoms with Gasteiger partial charge in [-0.05, 0) is 67.9 Å². The second-order valence-corrected chi connectivity index (χ2v) is 9.10. The molecule has 7 heteroatoms. The zero-order valence-electron chi connectivity index (χ0n) is 19.3. The first kappa shape index (κ1) is 23.3. The third kappa shape index (κ3) is 6.12. The largest absolute Gasteiger partial charge is 0.497 e. The Labute approximate surface area is 199 Å². The predicted molar refractivity (Wildman–Crippen MR) is 132 cm³/mol. The average molecular weight is 466 g/mol. The van der Waals surface area contributed by atoms with Crippen LogP contribution in [-0.4, -0.2) is 49.6 Å². The van der Waals surface area contributed by atoms with Crippen LogP contribution in [0.1, 0.15) is 36.6 Å². The lowest BCUT2D eigenvalue weighted by molar-refractivity contribution is -0.120. The number of ether oxygens (including phenoxy) is 2. The summed E-state index contributed by atoms with van der Waals surface area (Å²) >= 11 is 1.55. The first-order valence-electron chi connectivity index (χ1n) is 11.4. The number of nitrogens with zero attached hydrogens (tertiary/aromatic N) is 2. The van der Waals surface area contributed by atoms with Crippen LogP contribution in [-0.2, 0) is 11.2 Å². The second kappa shape index (κ2) is 11.3. The van der Waals surface area contributed by atoms with Crippen molar-refractivity contribution in [3.63, 3.8) is 0 Å². The Bertz CT molecular complexity index is 1030. The van der Waals surface area contributed by atoms with Crippen LogP contribution >= 0.6 is 11.3 Å². The summed E-state index contributed by atoms with van der Waals surface area (Å²) < 4.78 is 10.5. The molecule has 1 aromatic heterocycles. The van der Waals surface area contributed by atoms with Crippen molar-refractivity contribution in [2.24, 2.45) is 0 Å². The normalized spacial score (nSPS) is 15.1. The van der Waals surface area contributed by atoms with E-state index in [0.29, 0.717) is 6.54 Å². The fourth-order valence-electron chi connectivity index (χ4n) is 4.21. The molecule has 33 heavy (non-hydrogen) atoms. The van der Waals surface area contributed by atoms with Crippen LogP contribution in [0.15, 0.2) is 53.9 Å². The lowest BCUT2D eigenvalue weighted by Gasteiger charge is -2.35. The van der Waals surface area contributed by atoms with Gasteiger partial charge in [-0.2, -0.15) is 0 Å². The highest BCUT2D eigenvalue weighted by molar-refractivity contribution is 7.13. The number of carbonyl (C=O) groups is 1. The molecule has 174 valence electrons. The summed E-state index contributed by atoms with van der Waals surface area (Å²) in [6, 6.07) is 16.2. The standard InChI is InChI=1S/C26H31N3O3S/c1-31-22-10-6-19(7-11-22)24(29-14-4-3-5-15-29)17-27-25(30)16-21-18-33-26(28-21)20-8-12-23(32-2)13-9-20/h6-13,18,24H,3-5,14-17H2,1-2H3,(H,27,30). The van der Waals surface area contributed by atoms with E-state index < -0.39 is 0 Å². The van der Waals surface area contributed by atoms with E-state index in [4.69, 9.17) is 9.47 Å². The van der Waals surface area contributed by atoms with Crippen LogP contribution in [0.25, 0.3) is 10.6 Å². The number of hydrogen-bond donors (Lipinski definition) is 1. The summed E-state index contributed by atoms with van der Waals surface area (Å²) in [7, 11) is 3.33. The van der Waals surface area contributed by atoms with Crippen LogP contribution in [0.2, 0.25) is 0 Å². The van der Waals surface area contributed by atoms with Crippen LogP contribution in [0, 0.1) is 0 Å². The number of aromatic nitrogens is 1. The van der Waals surface area contributed by atoms with Gasteiger partial charge in [0.1, 0.15) is 16.5 Å². The fraction of sp³-hybridized carbons (Fsp3) is 0.385. The Balaban J connectivity index is 1.38. The molecule has 0 bridgehead atoms. The van der Waals surface area contributed by atoms with Gasteiger partial charge in [0.15, 0.2) is 0 Å². The first-order chi connectivity index (χ1) is 16.2. The van der Waals surface area contributed by atoms with Crippen LogP contribution < -0.4 is 14.8 Å². The maximum Gasteiger partial charge on any atom is 0.226 e. The highest BCUT2D eigenvalue weighted by Crippen LogP contribution is 2.27. The molecule has 3 aromatic rings. The molecule has 1 atom stereocenters. The number of likely N-dealkylation sites (tertiary alicyclic amines) is 1. The number of amides is 1. The van der Waals surface area contributed by atoms with Crippen molar-refractivity contribution in [1.29, 1.82) is 0 Å². The Morgan fingerprint density at radius 3 is 2.27 bits per heavy atom. The zero-order chi connectivity index (χ0) is 23.0. The number of rotatable bonds is 9. The van der Waals surface area contributed by atoms with Gasteiger partial charge in [0.25, 0.3) is 0 Å². The van der Waals surface area contributed by atoms with Gasteiger partial charge in [-0.25, -0.2) is 4.98 Å². The van der Waals surface area contributed by atoms with E-state index in [0.717, 1.165) is 40.9 Å². The van der Waals surface area contributed by atoms with E-state index in [1.54, 1.807) is 25.6 Å². The molecule has 4 rings (SSSR count). The summed E-state index contributed by atoms with van der Waals surface area (Å²) in [4.78, 5) is 19.9. The molecule has 2 aromatic carbocycles. The number of methoxy groups -OCH3 is 2. The molecule has 1 unspecified atom stereocenters. The van der Waals surface area contributed by atoms with Gasteiger partial charge in [0.05, 0.1) is 32.4 Å². The SMILES string of the molecule is COc1ccc(-c2nc(CC(=O)NCC(c3ccc(OC)cc3)N3CCCCC3)cs2)cc1. The molecular formula is C26H31N3O3S. The first-order valence-corrected chi connectivity index (χ1v) is 12.3. The number of benzene rings is 2. The van der Waals surface area contributed by atoms with E-state index in [1.807, 2.05) is 41.8 Å². The highest BCUT2D eigenvalue weighted by atomic mass is 32.1. The van der Waals surface area contributed by atoms with Crippen molar-refractivity contribution in [1.82, 2.24) is 15.2 Å². The van der Waals surface area contributed by atoms with Crippen LogP contribution in [0.3, 0.4) is 0 Å². The summed E-state index contributed by atoms with van der Waals surface area (Å²) in [5, 5.41) is 6.03. The molecular weight excluding hydrogens is 434 g/mol. The molecule has 1 aliphatic rings. The minimum Gasteiger partial charge on any atom is -0.497 e. The third-order valence-electron chi connectivity index (χ3n) is 6.05. The lowest BCUT2D eigenvalue weighted by Crippen LogP contribution is -2.41. The molecule has 1 fully saturated rings. The molecule has 1 N–H and O–H groups in total. The van der Waals surface area contributed by atoms with E-state index in [9.17, 15) is 4.79 Å². The van der Waals surface area contributed by atoms with Gasteiger partial charge in [-0.15, -0.1) is 11.3 Å². The van der Waals surface area contributed by atoms with Gasteiger partial charge in [-0.3, -0.25) is 9.69 Å². The van der Waals surface area contributed by atoms with E-state index in [1.165, 1.54) is 24.8 Å². The Morgan fingerprint density at radius 1 is 1.00 bits per heavy atom. The summed E-state index contributed by atoms with van der Waals surface area (Å²) in [5.74, 6) is 1.66. The van der Waals surface area contributed by atoms with E-state index >= 15 is 0 Å². The summed E-state index contributed by atoms with van der Waals surface area (Å²) in [5.41, 5.74) is 3.02. The average Bonchev–Trinajstić information content (AvgIpc) is 3.33. The van der Waals surface area contributed by atoms with Gasteiger partial charge >= 0.3 is 0 Å². The quantitative estimate of drug-likeness (QED) is 0.496. The molecule has 0 saturated carbocycles. The van der Waals surface area contributed by atoms with Crippen molar-refractivity contribution in [2.45, 2.75) is 31.7 Å². The molecule has 0 aliphatic carbocycles. The zero-order valence-corrected chi connectivity index (χ0v) is 20.1. The summed E-state index contributed by atoms with van der Waals surface area (Å²) in [6.07, 6.45) is 3.96. The van der Waals surface area contributed by atoms with Crippen molar-refractivity contribution in [3.8, 4) is 22.1 Å². The predicted octanol–water partition coefficient (Wildman–Crippen LogP) is 4.71. The van der Waals surface area contributed by atoms with Gasteiger partial charge < -0.3 is 14.8 Å². The van der Waals surface area contributed by atoms with Gasteiger partial charge in [0.2, 0.25) is 5.91 Å². The van der Waals surface area contributed by atoms with Crippen molar-refractivity contribution in [3.05, 3.63) is 65.2 Å². The van der Waals surface area contributed by atoms with E-state index in [-0.39, 0.29) is 18.4 Å². The van der Waals surface area contributed by atoms with Crippen molar-refractivity contribution in [2.75, 3.05) is 33.9 Å². The second-order valence-electron chi connectivity index (χ2n) is 8.24. The molecule has 1 saturated heterocycles. The minimum atomic E-state index is -0.00268. The highest BCUT2D eigenvalue weighted by Gasteiger charge is 2.23. The number of piperidine rings is 1. The molecule has 0 spiro atoms. The Morgan fingerprint density at radius 2 is 1.64 bits per heavy atom.